The van der Waals surface area contributed by atoms with Crippen LogP contribution < -0.4 is 5.73 Å². The van der Waals surface area contributed by atoms with Crippen molar-refractivity contribution >= 4 is 11.6 Å². The second-order valence-corrected chi connectivity index (χ2v) is 1.97. The number of nitriles is 1. The molecule has 0 rings (SSSR count). The average Bonchev–Trinajstić information content (AvgIpc) is 1.35. The van der Waals surface area contributed by atoms with Crippen molar-refractivity contribution in [3.63, 3.8) is 0 Å². The normalized spacial score (nSPS) is 18.3. The number of rotatable bonds is 0. The molecule has 0 bridgehead atoms. The van der Waals surface area contributed by atoms with E-state index in [-0.39, 0.29) is 0 Å². The second kappa shape index (κ2) is 1.46. The van der Waals surface area contributed by atoms with Crippen LogP contribution in [-0.2, 0) is 0 Å². The van der Waals surface area contributed by atoms with Crippen LogP contribution in [-0.4, -0.2) is 5.00 Å². The van der Waals surface area contributed by atoms with Crippen molar-refractivity contribution in [1.82, 2.24) is 0 Å². The molecule has 0 aromatic heterocycles. The summed E-state index contributed by atoms with van der Waals surface area (Å²) in [6.45, 7) is 1.43. The molecule has 0 saturated carbocycles. The fourth-order valence-electron chi connectivity index (χ4n) is 0. The maximum atomic E-state index is 7.90. The van der Waals surface area contributed by atoms with Crippen LogP contribution in [0.25, 0.3) is 0 Å². The van der Waals surface area contributed by atoms with Gasteiger partial charge in [-0.05, 0) is 6.92 Å². The van der Waals surface area contributed by atoms with Gasteiger partial charge in [0.15, 0.2) is 5.00 Å². The van der Waals surface area contributed by atoms with Gasteiger partial charge in [0.2, 0.25) is 0 Å². The molecule has 0 aliphatic heterocycles. The van der Waals surface area contributed by atoms with Crippen LogP contribution in [0, 0.1) is 11.3 Å². The van der Waals surface area contributed by atoms with Gasteiger partial charge < -0.3 is 5.73 Å². The summed E-state index contributed by atoms with van der Waals surface area (Å²) in [7, 11) is 0. The van der Waals surface area contributed by atoms with Gasteiger partial charge in [-0.25, -0.2) is 0 Å². The molecule has 34 valence electrons. The first-order valence-electron chi connectivity index (χ1n) is 1.45. The molecule has 1 atom stereocenters. The minimum absolute atomic E-state index is 1.18. The molecule has 0 aromatic carbocycles. The summed E-state index contributed by atoms with van der Waals surface area (Å²) in [5, 5.41) is 7.90. The highest BCUT2D eigenvalue weighted by molar-refractivity contribution is 6.24. The molecule has 0 radical (unpaired) electrons. The molecule has 0 unspecified atom stereocenters. The van der Waals surface area contributed by atoms with Crippen molar-refractivity contribution in [2.24, 2.45) is 5.73 Å². The summed E-state index contributed by atoms with van der Waals surface area (Å²) >= 11 is 5.13. The Morgan fingerprint density at radius 1 is 2.00 bits per heavy atom. The third kappa shape index (κ3) is 3.74. The number of halogens is 1. The van der Waals surface area contributed by atoms with Gasteiger partial charge in [0.1, 0.15) is 6.07 Å². The lowest BCUT2D eigenvalue weighted by Gasteiger charge is -1.98. The largest absolute Gasteiger partial charge is 0.301 e. The van der Waals surface area contributed by atoms with Crippen molar-refractivity contribution in [2.75, 3.05) is 0 Å². The topological polar surface area (TPSA) is 49.8 Å². The van der Waals surface area contributed by atoms with Gasteiger partial charge in [-0.1, -0.05) is 11.6 Å². The van der Waals surface area contributed by atoms with Crippen LogP contribution in [0.4, 0.5) is 0 Å². The zero-order valence-corrected chi connectivity index (χ0v) is 4.16. The van der Waals surface area contributed by atoms with E-state index in [0.717, 1.165) is 0 Å². The van der Waals surface area contributed by atoms with E-state index in [0.29, 0.717) is 0 Å². The highest BCUT2D eigenvalue weighted by Gasteiger charge is 2.08. The molecule has 0 aromatic rings. The van der Waals surface area contributed by atoms with Crippen molar-refractivity contribution in [3.05, 3.63) is 0 Å². The fraction of sp³-hybridized carbons (Fsp3) is 0.667. The Morgan fingerprint density at radius 2 is 2.17 bits per heavy atom. The van der Waals surface area contributed by atoms with E-state index in [1.165, 1.54) is 6.92 Å². The van der Waals surface area contributed by atoms with Gasteiger partial charge >= 0.3 is 0 Å². The van der Waals surface area contributed by atoms with E-state index in [1.54, 1.807) is 6.07 Å². The first-order chi connectivity index (χ1) is 2.56. The minimum atomic E-state index is -1.18. The fourth-order valence-corrected chi connectivity index (χ4v) is 0. The first-order valence-corrected chi connectivity index (χ1v) is 1.83. The molecule has 2 nitrogen and oxygen atoms in total. The lowest BCUT2D eigenvalue weighted by atomic mass is 10.4. The van der Waals surface area contributed by atoms with Crippen LogP contribution in [0.3, 0.4) is 0 Å². The maximum Gasteiger partial charge on any atom is 0.176 e. The molecular formula is C3H5ClN2. The molecule has 0 fully saturated rings. The van der Waals surface area contributed by atoms with Crippen LogP contribution in [0.2, 0.25) is 0 Å². The predicted octanol–water partition coefficient (Wildman–Crippen LogP) is 0.424. The number of alkyl halides is 1. The van der Waals surface area contributed by atoms with E-state index in [1.807, 2.05) is 0 Å². The zero-order chi connectivity index (χ0) is 5.21. The number of hydrogen-bond donors (Lipinski definition) is 1. The Balaban J connectivity index is 3.55. The number of nitrogens with zero attached hydrogens (tertiary/aromatic N) is 1. The maximum absolute atomic E-state index is 7.90. The number of nitrogens with two attached hydrogens (primary N) is 1. The van der Waals surface area contributed by atoms with Crippen LogP contribution >= 0.6 is 11.6 Å². The third-order valence-corrected chi connectivity index (χ3v) is 0.303. The molecule has 0 aliphatic carbocycles. The standard InChI is InChI=1S/C3H5ClN2/c1-3(4,6)2-5/h6H2,1H3/t3-/m1/s1. The van der Waals surface area contributed by atoms with Gasteiger partial charge in [0.25, 0.3) is 0 Å². The third-order valence-electron chi connectivity index (χ3n) is 0.219. The van der Waals surface area contributed by atoms with Crippen molar-refractivity contribution in [1.29, 1.82) is 5.26 Å². The molecule has 0 saturated heterocycles. The highest BCUT2D eigenvalue weighted by atomic mass is 35.5. The van der Waals surface area contributed by atoms with E-state index in [2.05, 4.69) is 0 Å². The average molecular weight is 105 g/mol. The van der Waals surface area contributed by atoms with Crippen molar-refractivity contribution in [2.45, 2.75) is 11.9 Å². The monoisotopic (exact) mass is 104 g/mol. The van der Waals surface area contributed by atoms with Crippen LogP contribution in [0.5, 0.6) is 0 Å². The Morgan fingerprint density at radius 3 is 2.17 bits per heavy atom. The summed E-state index contributed by atoms with van der Waals surface area (Å²) in [6, 6.07) is 1.65. The second-order valence-electron chi connectivity index (χ2n) is 1.19. The zero-order valence-electron chi connectivity index (χ0n) is 3.40. The Hall–Kier alpha value is -0.260. The molecule has 0 spiro atoms. The molecule has 6 heavy (non-hydrogen) atoms. The highest BCUT2D eigenvalue weighted by Crippen LogP contribution is 1.99. The van der Waals surface area contributed by atoms with E-state index in [9.17, 15) is 0 Å². The number of hydrogen-bond acceptors (Lipinski definition) is 2. The Kier molecular flexibility index (Phi) is 1.40. The van der Waals surface area contributed by atoms with E-state index >= 15 is 0 Å². The summed E-state index contributed by atoms with van der Waals surface area (Å²) in [6.07, 6.45) is 0. The van der Waals surface area contributed by atoms with Gasteiger partial charge in [0.05, 0.1) is 0 Å². The van der Waals surface area contributed by atoms with Crippen molar-refractivity contribution in [3.8, 4) is 6.07 Å². The molecule has 0 amide bonds. The quantitative estimate of drug-likeness (QED) is 0.358. The minimum Gasteiger partial charge on any atom is -0.301 e. The van der Waals surface area contributed by atoms with Crippen LogP contribution in [0.15, 0.2) is 0 Å². The van der Waals surface area contributed by atoms with E-state index < -0.39 is 5.00 Å². The smallest absolute Gasteiger partial charge is 0.176 e. The summed E-state index contributed by atoms with van der Waals surface area (Å²) in [5.74, 6) is 0. The lowest BCUT2D eigenvalue weighted by molar-refractivity contribution is 0.847. The van der Waals surface area contributed by atoms with Gasteiger partial charge in [-0.15, -0.1) is 0 Å². The Labute approximate surface area is 41.5 Å². The summed E-state index contributed by atoms with van der Waals surface area (Å²) in [5.41, 5.74) is 4.94. The summed E-state index contributed by atoms with van der Waals surface area (Å²) in [4.78, 5) is -1.18. The van der Waals surface area contributed by atoms with Crippen LogP contribution in [0.1, 0.15) is 6.92 Å². The van der Waals surface area contributed by atoms with Crippen molar-refractivity contribution < 1.29 is 0 Å². The molecular weight excluding hydrogens is 99.5 g/mol. The lowest BCUT2D eigenvalue weighted by Crippen LogP contribution is -2.25. The molecule has 0 heterocycles. The molecule has 3 heteroatoms. The predicted molar refractivity (Wildman–Crippen MR) is 24.1 cm³/mol. The van der Waals surface area contributed by atoms with Gasteiger partial charge in [-0.3, -0.25) is 0 Å². The SMILES string of the molecule is C[C@](N)(Cl)C#N. The molecule has 0 aliphatic rings. The van der Waals surface area contributed by atoms with E-state index in [4.69, 9.17) is 22.6 Å². The van der Waals surface area contributed by atoms with Gasteiger partial charge in [-0.2, -0.15) is 5.26 Å². The summed E-state index contributed by atoms with van der Waals surface area (Å²) < 4.78 is 0. The Bertz CT molecular complexity index is 75.8. The van der Waals surface area contributed by atoms with Gasteiger partial charge in [0, 0.05) is 0 Å². The first kappa shape index (κ1) is 5.74. The molecule has 2 N–H and O–H groups in total.